The standard InChI is InChI=1S/C19H18FN7O2/c1-24-7-12-8-25(9-14(12)22-24)16-4-11-5-17-18(10-26-3-2-21-23-26)29-19(28)27(17)15(11)6-13(16)20/h2-4,6-7,17-18H,5,8-10H2,1H3/t17-,18?/m0/s1. The van der Waals surface area contributed by atoms with Crippen molar-refractivity contribution >= 4 is 17.5 Å². The summed E-state index contributed by atoms with van der Waals surface area (Å²) >= 11 is 0. The lowest BCUT2D eigenvalue weighted by Gasteiger charge is -2.20. The number of benzene rings is 1. The molecule has 3 aromatic rings. The molecule has 1 amide bonds. The fraction of sp³-hybridized carbons (Fsp3) is 0.368. The molecule has 1 unspecified atom stereocenters. The summed E-state index contributed by atoms with van der Waals surface area (Å²) < 4.78 is 24.0. The Labute approximate surface area is 165 Å². The number of carbonyl (C=O) groups is 1. The highest BCUT2D eigenvalue weighted by molar-refractivity contribution is 5.94. The molecule has 0 aliphatic carbocycles. The number of halogens is 1. The van der Waals surface area contributed by atoms with E-state index in [1.807, 2.05) is 24.2 Å². The van der Waals surface area contributed by atoms with Crippen molar-refractivity contribution < 1.29 is 13.9 Å². The van der Waals surface area contributed by atoms with Crippen molar-refractivity contribution in [2.24, 2.45) is 7.05 Å². The van der Waals surface area contributed by atoms with Gasteiger partial charge in [0.25, 0.3) is 0 Å². The summed E-state index contributed by atoms with van der Waals surface area (Å²) in [6.07, 6.45) is 5.11. The lowest BCUT2D eigenvalue weighted by Crippen LogP contribution is -2.35. The maximum Gasteiger partial charge on any atom is 0.415 e. The van der Waals surface area contributed by atoms with Crippen LogP contribution >= 0.6 is 0 Å². The van der Waals surface area contributed by atoms with Gasteiger partial charge < -0.3 is 9.64 Å². The van der Waals surface area contributed by atoms with Gasteiger partial charge in [-0.1, -0.05) is 5.21 Å². The number of fused-ring (bicyclic) bond motifs is 4. The number of ether oxygens (including phenoxy) is 1. The average Bonchev–Trinajstić information content (AvgIpc) is 3.44. The molecule has 3 aliphatic heterocycles. The molecule has 6 rings (SSSR count). The number of anilines is 2. The summed E-state index contributed by atoms with van der Waals surface area (Å²) in [6.45, 7) is 1.63. The number of cyclic esters (lactones) is 1. The van der Waals surface area contributed by atoms with Crippen LogP contribution in [0.4, 0.5) is 20.6 Å². The Morgan fingerprint density at radius 3 is 2.93 bits per heavy atom. The maximum absolute atomic E-state index is 15.0. The van der Waals surface area contributed by atoms with E-state index < -0.39 is 6.09 Å². The maximum atomic E-state index is 15.0. The van der Waals surface area contributed by atoms with Crippen LogP contribution in [0.5, 0.6) is 0 Å². The highest BCUT2D eigenvalue weighted by atomic mass is 19.1. The van der Waals surface area contributed by atoms with Crippen molar-refractivity contribution in [3.63, 3.8) is 0 Å². The topological polar surface area (TPSA) is 81.3 Å². The van der Waals surface area contributed by atoms with E-state index in [9.17, 15) is 4.79 Å². The van der Waals surface area contributed by atoms with Gasteiger partial charge in [-0.25, -0.2) is 13.9 Å². The molecule has 1 fully saturated rings. The minimum absolute atomic E-state index is 0.171. The van der Waals surface area contributed by atoms with Crippen molar-refractivity contribution in [1.29, 1.82) is 0 Å². The largest absolute Gasteiger partial charge is 0.442 e. The van der Waals surface area contributed by atoms with E-state index in [0.29, 0.717) is 37.4 Å². The lowest BCUT2D eigenvalue weighted by atomic mass is 10.0. The first-order valence-electron chi connectivity index (χ1n) is 9.49. The Morgan fingerprint density at radius 1 is 1.24 bits per heavy atom. The van der Waals surface area contributed by atoms with Crippen LogP contribution in [0.3, 0.4) is 0 Å². The van der Waals surface area contributed by atoms with Crippen molar-refractivity contribution in [2.45, 2.75) is 38.2 Å². The Balaban J connectivity index is 1.29. The minimum atomic E-state index is -0.440. The van der Waals surface area contributed by atoms with Crippen LogP contribution in [0.2, 0.25) is 0 Å². The average molecular weight is 395 g/mol. The van der Waals surface area contributed by atoms with Crippen molar-refractivity contribution in [3.05, 3.63) is 53.4 Å². The number of aromatic nitrogens is 5. The van der Waals surface area contributed by atoms with E-state index in [2.05, 4.69) is 15.4 Å². The van der Waals surface area contributed by atoms with E-state index in [1.54, 1.807) is 26.7 Å². The van der Waals surface area contributed by atoms with Crippen LogP contribution in [0.25, 0.3) is 0 Å². The van der Waals surface area contributed by atoms with Crippen LogP contribution in [-0.2, 0) is 37.8 Å². The van der Waals surface area contributed by atoms with Crippen LogP contribution in [0, 0.1) is 5.82 Å². The SMILES string of the molecule is Cn1cc2c(n1)CN(c1cc3c(cc1F)N1C(=O)OC(Cn4ccnn4)[C@@H]1C3)C2. The van der Waals surface area contributed by atoms with Crippen molar-refractivity contribution in [2.75, 3.05) is 9.80 Å². The second kappa shape index (κ2) is 5.79. The number of nitrogens with zero attached hydrogens (tertiary/aromatic N) is 7. The molecular formula is C19H18FN7O2. The third kappa shape index (κ3) is 2.44. The summed E-state index contributed by atoms with van der Waals surface area (Å²) in [7, 11) is 1.89. The van der Waals surface area contributed by atoms with Gasteiger partial charge in [-0.3, -0.25) is 9.58 Å². The van der Waals surface area contributed by atoms with E-state index in [4.69, 9.17) is 4.74 Å². The van der Waals surface area contributed by atoms with Gasteiger partial charge in [0.15, 0.2) is 0 Å². The number of carbonyl (C=O) groups excluding carboxylic acids is 1. The summed E-state index contributed by atoms with van der Waals surface area (Å²) in [5, 5.41) is 12.2. The monoisotopic (exact) mass is 395 g/mol. The molecule has 0 radical (unpaired) electrons. The first-order valence-corrected chi connectivity index (χ1v) is 9.49. The zero-order chi connectivity index (χ0) is 19.7. The molecular weight excluding hydrogens is 377 g/mol. The van der Waals surface area contributed by atoms with Crippen LogP contribution in [0.1, 0.15) is 16.8 Å². The minimum Gasteiger partial charge on any atom is -0.442 e. The van der Waals surface area contributed by atoms with Crippen LogP contribution in [0.15, 0.2) is 30.7 Å². The second-order valence-corrected chi connectivity index (χ2v) is 7.75. The molecule has 1 aromatic carbocycles. The molecule has 10 heteroatoms. The number of amides is 1. The molecule has 3 aliphatic rings. The molecule has 0 bridgehead atoms. The fourth-order valence-corrected chi connectivity index (χ4v) is 4.65. The summed E-state index contributed by atoms with van der Waals surface area (Å²) in [5.41, 5.74) is 4.19. The zero-order valence-corrected chi connectivity index (χ0v) is 15.7. The van der Waals surface area contributed by atoms with E-state index >= 15 is 4.39 Å². The van der Waals surface area contributed by atoms with Gasteiger partial charge in [-0.2, -0.15) is 5.10 Å². The van der Waals surface area contributed by atoms with Crippen LogP contribution < -0.4 is 9.80 Å². The van der Waals surface area contributed by atoms with E-state index in [1.165, 1.54) is 6.07 Å². The van der Waals surface area contributed by atoms with Gasteiger partial charge in [0.1, 0.15) is 11.9 Å². The predicted molar refractivity (Wildman–Crippen MR) is 99.8 cm³/mol. The molecule has 2 atom stereocenters. The molecule has 1 saturated heterocycles. The van der Waals surface area contributed by atoms with Gasteiger partial charge in [-0.05, 0) is 18.1 Å². The molecule has 9 nitrogen and oxygen atoms in total. The lowest BCUT2D eigenvalue weighted by molar-refractivity contribution is 0.117. The van der Waals surface area contributed by atoms with Gasteiger partial charge in [0.05, 0.1) is 42.4 Å². The smallest absolute Gasteiger partial charge is 0.415 e. The Morgan fingerprint density at radius 2 is 2.14 bits per heavy atom. The Kier molecular flexibility index (Phi) is 3.30. The Bertz CT molecular complexity index is 1100. The zero-order valence-electron chi connectivity index (χ0n) is 15.7. The quantitative estimate of drug-likeness (QED) is 0.670. The molecule has 2 aromatic heterocycles. The second-order valence-electron chi connectivity index (χ2n) is 7.75. The first kappa shape index (κ1) is 16.5. The van der Waals surface area contributed by atoms with E-state index in [0.717, 1.165) is 16.8 Å². The Hall–Kier alpha value is -3.43. The summed E-state index contributed by atoms with van der Waals surface area (Å²) in [6, 6.07) is 3.16. The molecule has 0 spiro atoms. The third-order valence-corrected chi connectivity index (χ3v) is 5.92. The van der Waals surface area contributed by atoms with E-state index in [-0.39, 0.29) is 18.0 Å². The number of rotatable bonds is 3. The number of aryl methyl sites for hydroxylation is 1. The fourth-order valence-electron chi connectivity index (χ4n) is 4.65. The van der Waals surface area contributed by atoms with Crippen molar-refractivity contribution in [1.82, 2.24) is 24.8 Å². The number of hydrogen-bond acceptors (Lipinski definition) is 6. The summed E-state index contributed by atoms with van der Waals surface area (Å²) in [4.78, 5) is 16.0. The normalized spacial score (nSPS) is 22.1. The van der Waals surface area contributed by atoms with Gasteiger partial charge in [0, 0.05) is 37.6 Å². The van der Waals surface area contributed by atoms with Gasteiger partial charge in [-0.15, -0.1) is 5.10 Å². The molecule has 148 valence electrons. The van der Waals surface area contributed by atoms with Crippen molar-refractivity contribution in [3.8, 4) is 0 Å². The highest BCUT2D eigenvalue weighted by Gasteiger charge is 2.48. The summed E-state index contributed by atoms with van der Waals surface area (Å²) in [5.74, 6) is -0.341. The third-order valence-electron chi connectivity index (χ3n) is 5.92. The van der Waals surface area contributed by atoms with Gasteiger partial charge >= 0.3 is 6.09 Å². The molecule has 29 heavy (non-hydrogen) atoms. The van der Waals surface area contributed by atoms with Crippen LogP contribution in [-0.4, -0.2) is 43.0 Å². The molecule has 5 heterocycles. The number of hydrogen-bond donors (Lipinski definition) is 0. The first-order chi connectivity index (χ1) is 14.1. The predicted octanol–water partition coefficient (Wildman–Crippen LogP) is 1.62. The molecule has 0 saturated carbocycles. The molecule has 0 N–H and O–H groups in total. The van der Waals surface area contributed by atoms with Gasteiger partial charge in [0.2, 0.25) is 0 Å². The highest BCUT2D eigenvalue weighted by Crippen LogP contribution is 2.42.